The summed E-state index contributed by atoms with van der Waals surface area (Å²) < 4.78 is 0. The predicted molar refractivity (Wildman–Crippen MR) is 37.0 cm³/mol. The van der Waals surface area contributed by atoms with Gasteiger partial charge in [0.1, 0.15) is 0 Å². The average Bonchev–Trinajstić information content (AvgIpc) is 1.84. The molecule has 8 heavy (non-hydrogen) atoms. The summed E-state index contributed by atoms with van der Waals surface area (Å²) in [6, 6.07) is 0. The summed E-state index contributed by atoms with van der Waals surface area (Å²) in [4.78, 5) is 10.6. The minimum absolute atomic E-state index is 0.0833. The lowest BCUT2D eigenvalue weighted by atomic mass is 10.2. The van der Waals surface area contributed by atoms with E-state index in [0.29, 0.717) is 0 Å². The molecule has 0 aliphatic rings. The Kier molecular flexibility index (Phi) is 3.87. The number of nitrogens with one attached hydrogen (secondary N) is 1. The lowest BCUT2D eigenvalue weighted by molar-refractivity contribution is -0.123. The normalized spacial score (nSPS) is 12.9. The van der Waals surface area contributed by atoms with Crippen molar-refractivity contribution in [1.82, 2.24) is 5.32 Å². The van der Waals surface area contributed by atoms with Gasteiger partial charge in [-0.05, 0) is 0 Å². The van der Waals surface area contributed by atoms with Crippen LogP contribution in [0, 0.1) is 5.92 Å². The number of hydrogen-bond donors (Lipinski definition) is 1. The maximum atomic E-state index is 10.6. The monoisotopic (exact) mass is 179 g/mol. The maximum absolute atomic E-state index is 10.6. The number of halogens is 1. The Labute approximate surface area is 57.8 Å². The van der Waals surface area contributed by atoms with E-state index in [4.69, 9.17) is 0 Å². The summed E-state index contributed by atoms with van der Waals surface area (Å²) in [5.41, 5.74) is 0. The van der Waals surface area contributed by atoms with E-state index in [9.17, 15) is 4.79 Å². The summed E-state index contributed by atoms with van der Waals surface area (Å²) in [5, 5.41) is 3.28. The molecule has 0 aliphatic carbocycles. The van der Waals surface area contributed by atoms with Crippen LogP contribution in [0.1, 0.15) is 6.92 Å². The first-order chi connectivity index (χ1) is 3.72. The van der Waals surface area contributed by atoms with Crippen LogP contribution in [0.5, 0.6) is 0 Å². The van der Waals surface area contributed by atoms with Crippen LogP contribution >= 0.6 is 15.9 Å². The van der Waals surface area contributed by atoms with E-state index in [0.717, 1.165) is 5.33 Å². The third kappa shape index (κ3) is 2.31. The molecule has 0 saturated heterocycles. The standard InChI is InChI=1S/C5H10BrNO/c1-4(3-6)5(8)7-2/h4H,3H2,1-2H3,(H,7,8). The lowest BCUT2D eigenvalue weighted by Crippen LogP contribution is -2.25. The second kappa shape index (κ2) is 3.89. The van der Waals surface area contributed by atoms with Crippen molar-refractivity contribution in [3.05, 3.63) is 0 Å². The molecule has 1 unspecified atom stereocenters. The minimum Gasteiger partial charge on any atom is -0.359 e. The molecule has 1 amide bonds. The van der Waals surface area contributed by atoms with Gasteiger partial charge in [0.15, 0.2) is 0 Å². The summed E-state index contributed by atoms with van der Waals surface area (Å²) >= 11 is 3.20. The molecule has 0 aliphatic heterocycles. The van der Waals surface area contributed by atoms with E-state index < -0.39 is 0 Å². The molecule has 0 aromatic heterocycles. The van der Waals surface area contributed by atoms with Crippen molar-refractivity contribution >= 4 is 21.8 Å². The smallest absolute Gasteiger partial charge is 0.223 e. The quantitative estimate of drug-likeness (QED) is 0.624. The van der Waals surface area contributed by atoms with Crippen molar-refractivity contribution in [2.45, 2.75) is 6.92 Å². The van der Waals surface area contributed by atoms with E-state index in [1.807, 2.05) is 6.92 Å². The summed E-state index contributed by atoms with van der Waals surface area (Å²) in [6.07, 6.45) is 0. The van der Waals surface area contributed by atoms with Crippen molar-refractivity contribution < 1.29 is 4.79 Å². The first kappa shape index (κ1) is 7.95. The Balaban J connectivity index is 3.46. The second-order valence-electron chi connectivity index (χ2n) is 1.67. The van der Waals surface area contributed by atoms with Crippen LogP contribution in [0.25, 0.3) is 0 Å². The van der Waals surface area contributed by atoms with E-state index in [1.165, 1.54) is 0 Å². The zero-order chi connectivity index (χ0) is 6.57. The molecule has 0 heterocycles. The highest BCUT2D eigenvalue weighted by molar-refractivity contribution is 9.09. The van der Waals surface area contributed by atoms with Gasteiger partial charge in [0.2, 0.25) is 5.91 Å². The topological polar surface area (TPSA) is 29.1 Å². The number of alkyl halides is 1. The van der Waals surface area contributed by atoms with Gasteiger partial charge in [-0.3, -0.25) is 4.79 Å². The highest BCUT2D eigenvalue weighted by Gasteiger charge is 2.06. The second-order valence-corrected chi connectivity index (χ2v) is 2.32. The number of amides is 1. The van der Waals surface area contributed by atoms with E-state index >= 15 is 0 Å². The van der Waals surface area contributed by atoms with Gasteiger partial charge in [-0.25, -0.2) is 0 Å². The Hall–Kier alpha value is -0.0500. The fourth-order valence-electron chi connectivity index (χ4n) is 0.316. The fraction of sp³-hybridized carbons (Fsp3) is 0.800. The summed E-state index contributed by atoms with van der Waals surface area (Å²) in [6.45, 7) is 1.87. The first-order valence-electron chi connectivity index (χ1n) is 2.50. The van der Waals surface area contributed by atoms with Gasteiger partial charge in [-0.1, -0.05) is 22.9 Å². The van der Waals surface area contributed by atoms with Gasteiger partial charge in [-0.15, -0.1) is 0 Å². The largest absolute Gasteiger partial charge is 0.359 e. The van der Waals surface area contributed by atoms with Crippen molar-refractivity contribution in [1.29, 1.82) is 0 Å². The summed E-state index contributed by atoms with van der Waals surface area (Å²) in [5.74, 6) is 0.168. The molecule has 0 aromatic rings. The molecule has 0 spiro atoms. The molecule has 0 bridgehead atoms. The van der Waals surface area contributed by atoms with E-state index in [-0.39, 0.29) is 11.8 Å². The van der Waals surface area contributed by atoms with Gasteiger partial charge < -0.3 is 5.32 Å². The zero-order valence-corrected chi connectivity index (χ0v) is 6.66. The SMILES string of the molecule is CNC(=O)C(C)CBr. The van der Waals surface area contributed by atoms with Crippen LogP contribution in [0.4, 0.5) is 0 Å². The minimum atomic E-state index is 0.0833. The molecule has 1 N–H and O–H groups in total. The molecule has 0 saturated carbocycles. The van der Waals surface area contributed by atoms with Crippen LogP contribution < -0.4 is 5.32 Å². The Morgan fingerprint density at radius 1 is 1.88 bits per heavy atom. The number of hydrogen-bond acceptors (Lipinski definition) is 1. The van der Waals surface area contributed by atoms with Crippen molar-refractivity contribution in [2.24, 2.45) is 5.92 Å². The zero-order valence-electron chi connectivity index (χ0n) is 5.07. The lowest BCUT2D eigenvalue weighted by Gasteiger charge is -2.02. The van der Waals surface area contributed by atoms with Crippen LogP contribution in [-0.2, 0) is 4.79 Å². The third-order valence-corrected chi connectivity index (χ3v) is 1.90. The summed E-state index contributed by atoms with van der Waals surface area (Å²) in [7, 11) is 1.64. The molecular weight excluding hydrogens is 170 g/mol. The molecule has 0 aromatic carbocycles. The third-order valence-electron chi connectivity index (χ3n) is 0.925. The molecule has 1 atom stereocenters. The molecule has 0 rings (SSSR count). The van der Waals surface area contributed by atoms with Crippen LogP contribution in [0.15, 0.2) is 0 Å². The van der Waals surface area contributed by atoms with Gasteiger partial charge in [-0.2, -0.15) is 0 Å². The predicted octanol–water partition coefficient (Wildman–Crippen LogP) is 0.763. The fourth-order valence-corrected chi connectivity index (χ4v) is 0.611. The van der Waals surface area contributed by atoms with Gasteiger partial charge in [0.05, 0.1) is 0 Å². The molecule has 0 radical (unpaired) electrons. The van der Waals surface area contributed by atoms with Gasteiger partial charge in [0.25, 0.3) is 0 Å². The average molecular weight is 180 g/mol. The highest BCUT2D eigenvalue weighted by Crippen LogP contribution is 1.97. The van der Waals surface area contributed by atoms with E-state index in [2.05, 4.69) is 21.2 Å². The number of carbonyl (C=O) groups excluding carboxylic acids is 1. The molecule has 48 valence electrons. The van der Waals surface area contributed by atoms with Crippen LogP contribution in [-0.4, -0.2) is 18.3 Å². The Morgan fingerprint density at radius 2 is 2.38 bits per heavy atom. The van der Waals surface area contributed by atoms with Crippen LogP contribution in [0.2, 0.25) is 0 Å². The van der Waals surface area contributed by atoms with Gasteiger partial charge in [0, 0.05) is 18.3 Å². The maximum Gasteiger partial charge on any atom is 0.223 e. The van der Waals surface area contributed by atoms with Gasteiger partial charge >= 0.3 is 0 Å². The highest BCUT2D eigenvalue weighted by atomic mass is 79.9. The molecule has 0 fully saturated rings. The van der Waals surface area contributed by atoms with E-state index in [1.54, 1.807) is 7.05 Å². The van der Waals surface area contributed by atoms with Crippen molar-refractivity contribution in [3.8, 4) is 0 Å². The Morgan fingerprint density at radius 3 is 2.50 bits per heavy atom. The van der Waals surface area contributed by atoms with Crippen molar-refractivity contribution in [3.63, 3.8) is 0 Å². The first-order valence-corrected chi connectivity index (χ1v) is 3.62. The van der Waals surface area contributed by atoms with Crippen LogP contribution in [0.3, 0.4) is 0 Å². The number of carbonyl (C=O) groups is 1. The molecular formula is C5H10BrNO. The van der Waals surface area contributed by atoms with Crippen molar-refractivity contribution in [2.75, 3.05) is 12.4 Å². The molecule has 2 nitrogen and oxygen atoms in total. The Bertz CT molecular complexity index is 84.5. The molecule has 3 heteroatoms. The number of rotatable bonds is 2.